The molecule has 0 saturated carbocycles. The van der Waals surface area contributed by atoms with Gasteiger partial charge < -0.3 is 9.72 Å². The Labute approximate surface area is 110 Å². The number of H-pyrrole nitrogens is 1. The fourth-order valence-corrected chi connectivity index (χ4v) is 3.16. The fraction of sp³-hybridized carbons (Fsp3) is 0.667. The molecule has 6 heteroatoms. The van der Waals surface area contributed by atoms with Crippen molar-refractivity contribution in [3.05, 3.63) is 20.2 Å². The summed E-state index contributed by atoms with van der Waals surface area (Å²) in [5, 5.41) is 0. The second-order valence-corrected chi connectivity index (χ2v) is 5.70. The third-order valence-electron chi connectivity index (χ3n) is 3.41. The molecule has 1 fully saturated rings. The first kappa shape index (κ1) is 13.3. The molecule has 0 aromatic carbocycles. The molecule has 0 aliphatic carbocycles. The Morgan fingerprint density at radius 1 is 1.50 bits per heavy atom. The first-order valence-electron chi connectivity index (χ1n) is 6.09. The summed E-state index contributed by atoms with van der Waals surface area (Å²) in [6, 6.07) is 0. The van der Waals surface area contributed by atoms with Gasteiger partial charge in [-0.15, -0.1) is 0 Å². The van der Waals surface area contributed by atoms with Gasteiger partial charge in [0.15, 0.2) is 0 Å². The zero-order valence-corrected chi connectivity index (χ0v) is 11.5. The van der Waals surface area contributed by atoms with Crippen LogP contribution in [0.2, 0.25) is 0 Å². The highest BCUT2D eigenvalue weighted by atomic mass is 32.1. The SMILES string of the molecule is COC(=O)C1CCN(Cc2sc(=O)[nH]c2C)CC1. The van der Waals surface area contributed by atoms with Gasteiger partial charge >= 0.3 is 10.8 Å². The molecule has 2 heterocycles. The number of aromatic amines is 1. The third kappa shape index (κ3) is 3.00. The van der Waals surface area contributed by atoms with Gasteiger partial charge in [0.2, 0.25) is 0 Å². The summed E-state index contributed by atoms with van der Waals surface area (Å²) in [4.78, 5) is 28.8. The summed E-state index contributed by atoms with van der Waals surface area (Å²) in [6.45, 7) is 4.48. The Morgan fingerprint density at radius 3 is 2.67 bits per heavy atom. The fourth-order valence-electron chi connectivity index (χ4n) is 2.28. The van der Waals surface area contributed by atoms with Crippen LogP contribution in [0, 0.1) is 12.8 Å². The van der Waals surface area contributed by atoms with Gasteiger partial charge in [-0.05, 0) is 32.9 Å². The minimum absolute atomic E-state index is 0.00643. The average Bonchev–Trinajstić information content (AvgIpc) is 2.68. The molecule has 1 aromatic rings. The molecule has 1 aromatic heterocycles. The number of hydrogen-bond acceptors (Lipinski definition) is 5. The molecule has 1 N–H and O–H groups in total. The van der Waals surface area contributed by atoms with Crippen molar-refractivity contribution in [1.29, 1.82) is 0 Å². The number of methoxy groups -OCH3 is 1. The molecular formula is C12H18N2O3S. The van der Waals surface area contributed by atoms with Crippen LogP contribution in [0.25, 0.3) is 0 Å². The Bertz CT molecular complexity index is 472. The molecule has 1 aliphatic heterocycles. The van der Waals surface area contributed by atoms with E-state index in [9.17, 15) is 9.59 Å². The predicted molar refractivity (Wildman–Crippen MR) is 69.7 cm³/mol. The number of thiazole rings is 1. The van der Waals surface area contributed by atoms with E-state index in [0.717, 1.165) is 43.0 Å². The van der Waals surface area contributed by atoms with Crippen molar-refractivity contribution in [1.82, 2.24) is 9.88 Å². The topological polar surface area (TPSA) is 62.4 Å². The normalized spacial score (nSPS) is 17.9. The molecule has 18 heavy (non-hydrogen) atoms. The number of aromatic nitrogens is 1. The van der Waals surface area contributed by atoms with Crippen molar-refractivity contribution in [2.75, 3.05) is 20.2 Å². The molecule has 1 aliphatic rings. The number of piperidine rings is 1. The van der Waals surface area contributed by atoms with E-state index in [-0.39, 0.29) is 16.8 Å². The van der Waals surface area contributed by atoms with Crippen molar-refractivity contribution >= 4 is 17.3 Å². The van der Waals surface area contributed by atoms with Gasteiger partial charge in [0.05, 0.1) is 13.0 Å². The molecule has 0 radical (unpaired) electrons. The van der Waals surface area contributed by atoms with Crippen LogP contribution in [0.3, 0.4) is 0 Å². The minimum Gasteiger partial charge on any atom is -0.469 e. The lowest BCUT2D eigenvalue weighted by Crippen LogP contribution is -2.36. The van der Waals surface area contributed by atoms with Crippen LogP contribution in [0.15, 0.2) is 4.79 Å². The lowest BCUT2D eigenvalue weighted by molar-refractivity contribution is -0.147. The maximum absolute atomic E-state index is 11.4. The Morgan fingerprint density at radius 2 is 2.17 bits per heavy atom. The summed E-state index contributed by atoms with van der Waals surface area (Å²) in [5.74, 6) is -0.0607. The molecule has 1 saturated heterocycles. The van der Waals surface area contributed by atoms with Crippen molar-refractivity contribution in [2.45, 2.75) is 26.3 Å². The Balaban J connectivity index is 1.89. The van der Waals surface area contributed by atoms with E-state index in [1.54, 1.807) is 0 Å². The largest absolute Gasteiger partial charge is 0.469 e. The highest BCUT2D eigenvalue weighted by molar-refractivity contribution is 7.09. The molecule has 0 atom stereocenters. The van der Waals surface area contributed by atoms with Crippen molar-refractivity contribution < 1.29 is 9.53 Å². The second-order valence-electron chi connectivity index (χ2n) is 4.64. The maximum Gasteiger partial charge on any atom is 0.308 e. The van der Waals surface area contributed by atoms with Crippen LogP contribution in [-0.4, -0.2) is 36.1 Å². The van der Waals surface area contributed by atoms with E-state index in [1.165, 1.54) is 18.4 Å². The summed E-state index contributed by atoms with van der Waals surface area (Å²) < 4.78 is 4.76. The number of esters is 1. The number of nitrogens with one attached hydrogen (secondary N) is 1. The number of likely N-dealkylation sites (tertiary alicyclic amines) is 1. The minimum atomic E-state index is -0.0999. The van der Waals surface area contributed by atoms with Gasteiger partial charge in [-0.2, -0.15) is 0 Å². The number of nitrogens with zero attached hydrogens (tertiary/aromatic N) is 1. The number of carbonyl (C=O) groups is 1. The van der Waals surface area contributed by atoms with E-state index in [0.29, 0.717) is 0 Å². The third-order valence-corrected chi connectivity index (χ3v) is 4.38. The molecule has 0 amide bonds. The number of rotatable bonds is 3. The predicted octanol–water partition coefficient (Wildman–Crippen LogP) is 1.13. The van der Waals surface area contributed by atoms with Gasteiger partial charge in [-0.3, -0.25) is 14.5 Å². The van der Waals surface area contributed by atoms with Crippen LogP contribution >= 0.6 is 11.3 Å². The van der Waals surface area contributed by atoms with E-state index in [2.05, 4.69) is 9.88 Å². The summed E-state index contributed by atoms with van der Waals surface area (Å²) >= 11 is 1.28. The quantitative estimate of drug-likeness (QED) is 0.836. The van der Waals surface area contributed by atoms with Gasteiger partial charge in [0.25, 0.3) is 0 Å². The monoisotopic (exact) mass is 270 g/mol. The molecule has 2 rings (SSSR count). The van der Waals surface area contributed by atoms with E-state index in [1.807, 2.05) is 6.92 Å². The highest BCUT2D eigenvalue weighted by Gasteiger charge is 2.25. The van der Waals surface area contributed by atoms with Crippen LogP contribution < -0.4 is 4.87 Å². The van der Waals surface area contributed by atoms with Crippen molar-refractivity contribution in [3.8, 4) is 0 Å². The van der Waals surface area contributed by atoms with Crippen molar-refractivity contribution in [2.24, 2.45) is 5.92 Å². The molecule has 5 nitrogen and oxygen atoms in total. The molecule has 100 valence electrons. The second kappa shape index (κ2) is 5.67. The molecule has 0 spiro atoms. The number of aryl methyl sites for hydroxylation is 1. The van der Waals surface area contributed by atoms with E-state index in [4.69, 9.17) is 4.74 Å². The highest BCUT2D eigenvalue weighted by Crippen LogP contribution is 2.21. The average molecular weight is 270 g/mol. The van der Waals surface area contributed by atoms with Crippen molar-refractivity contribution in [3.63, 3.8) is 0 Å². The number of hydrogen-bond donors (Lipinski definition) is 1. The van der Waals surface area contributed by atoms with Crippen LogP contribution in [0.4, 0.5) is 0 Å². The van der Waals surface area contributed by atoms with Gasteiger partial charge in [0, 0.05) is 17.1 Å². The van der Waals surface area contributed by atoms with E-state index < -0.39 is 0 Å². The standard InChI is InChI=1S/C12H18N2O3S/c1-8-10(18-12(16)13-8)7-14-5-3-9(4-6-14)11(15)17-2/h9H,3-7H2,1-2H3,(H,13,16). The number of carbonyl (C=O) groups excluding carboxylic acids is 1. The Hall–Kier alpha value is -1.14. The first-order valence-corrected chi connectivity index (χ1v) is 6.90. The lowest BCUT2D eigenvalue weighted by Gasteiger charge is -2.30. The summed E-state index contributed by atoms with van der Waals surface area (Å²) in [5.41, 5.74) is 0.958. The van der Waals surface area contributed by atoms with Gasteiger partial charge in [-0.1, -0.05) is 11.3 Å². The zero-order chi connectivity index (χ0) is 13.1. The number of ether oxygens (including phenoxy) is 1. The van der Waals surface area contributed by atoms with Crippen LogP contribution in [-0.2, 0) is 16.1 Å². The first-order chi connectivity index (χ1) is 8.60. The van der Waals surface area contributed by atoms with E-state index >= 15 is 0 Å². The van der Waals surface area contributed by atoms with Crippen LogP contribution in [0.1, 0.15) is 23.4 Å². The van der Waals surface area contributed by atoms with Gasteiger partial charge in [0.1, 0.15) is 0 Å². The lowest BCUT2D eigenvalue weighted by atomic mass is 9.97. The smallest absolute Gasteiger partial charge is 0.308 e. The summed E-state index contributed by atoms with van der Waals surface area (Å²) in [6.07, 6.45) is 1.68. The zero-order valence-electron chi connectivity index (χ0n) is 10.7. The Kier molecular flexibility index (Phi) is 4.19. The summed E-state index contributed by atoms with van der Waals surface area (Å²) in [7, 11) is 1.44. The molecular weight excluding hydrogens is 252 g/mol. The van der Waals surface area contributed by atoms with Crippen LogP contribution in [0.5, 0.6) is 0 Å². The van der Waals surface area contributed by atoms with Gasteiger partial charge in [-0.25, -0.2) is 0 Å². The molecule has 0 unspecified atom stereocenters. The maximum atomic E-state index is 11.4. The molecule has 0 bridgehead atoms.